The molecule has 2 aromatic heterocycles. The minimum atomic E-state index is 1.15. The lowest BCUT2D eigenvalue weighted by molar-refractivity contribution is 1.18. The van der Waals surface area contributed by atoms with Gasteiger partial charge in [-0.3, -0.25) is 0 Å². The van der Waals surface area contributed by atoms with Crippen LogP contribution in [0.3, 0.4) is 0 Å². The third-order valence-electron chi connectivity index (χ3n) is 7.45. The van der Waals surface area contributed by atoms with Crippen molar-refractivity contribution in [2.75, 3.05) is 0 Å². The van der Waals surface area contributed by atoms with Crippen molar-refractivity contribution in [2.24, 2.45) is 0 Å². The Morgan fingerprint density at radius 3 is 2.03 bits per heavy atom. The van der Waals surface area contributed by atoms with Crippen LogP contribution in [0.4, 0.5) is 0 Å². The van der Waals surface area contributed by atoms with Crippen molar-refractivity contribution >= 4 is 80.0 Å². The molecule has 0 bridgehead atoms. The van der Waals surface area contributed by atoms with E-state index in [0.29, 0.717) is 0 Å². The first-order valence-electron chi connectivity index (χ1n) is 12.4. The van der Waals surface area contributed by atoms with Gasteiger partial charge in [-0.2, -0.15) is 0 Å². The van der Waals surface area contributed by atoms with Crippen molar-refractivity contribution in [3.8, 4) is 16.8 Å². The second kappa shape index (κ2) is 8.04. The summed E-state index contributed by atoms with van der Waals surface area (Å²) in [5, 5.41) is 7.79. The lowest BCUT2D eigenvalue weighted by Crippen LogP contribution is -1.93. The Hall–Kier alpha value is -3.92. The van der Waals surface area contributed by atoms with Gasteiger partial charge in [-0.05, 0) is 64.4 Å². The van der Waals surface area contributed by atoms with Gasteiger partial charge in [-0.25, -0.2) is 0 Å². The Bertz CT molecular complexity index is 2150. The molecule has 0 amide bonds. The molecule has 0 saturated heterocycles. The third kappa shape index (κ3) is 3.14. The molecule has 6 aromatic carbocycles. The predicted octanol–water partition coefficient (Wildman–Crippen LogP) is 10.7. The smallest absolute Gasteiger partial charge is 0.0547 e. The first-order chi connectivity index (χ1) is 18.3. The summed E-state index contributed by atoms with van der Waals surface area (Å²) < 4.78 is 6.18. The predicted molar refractivity (Wildman–Crippen MR) is 164 cm³/mol. The maximum atomic E-state index is 3.79. The standard InChI is InChI=1S/C34H20BrNS/c35-29-20-33-34(27-12-5-4-10-24(27)29)28-18-21(15-17-32(28)37-33)22-14-16-26-25-11-6-7-13-30(25)36(31(26)19-22)23-8-2-1-3-9-23/h1-20H. The van der Waals surface area contributed by atoms with E-state index in [0.717, 1.165) is 4.47 Å². The molecule has 0 radical (unpaired) electrons. The SMILES string of the molecule is Brc1cc2sc3ccc(-c4ccc5c6ccccc6n(-c6ccccc6)c5c4)cc3c2c2ccccc12. The van der Waals surface area contributed by atoms with E-state index in [4.69, 9.17) is 0 Å². The van der Waals surface area contributed by atoms with Crippen LogP contribution in [0, 0.1) is 0 Å². The van der Waals surface area contributed by atoms with Crippen molar-refractivity contribution in [2.45, 2.75) is 0 Å². The van der Waals surface area contributed by atoms with Crippen LogP contribution in [-0.2, 0) is 0 Å². The van der Waals surface area contributed by atoms with Crippen LogP contribution >= 0.6 is 27.3 Å². The molecule has 174 valence electrons. The Morgan fingerprint density at radius 2 is 1.16 bits per heavy atom. The van der Waals surface area contributed by atoms with E-state index in [-0.39, 0.29) is 0 Å². The molecule has 0 N–H and O–H groups in total. The highest BCUT2D eigenvalue weighted by molar-refractivity contribution is 9.10. The normalized spacial score (nSPS) is 11.9. The van der Waals surface area contributed by atoms with Crippen LogP contribution in [0.15, 0.2) is 126 Å². The first-order valence-corrected chi connectivity index (χ1v) is 14.0. The van der Waals surface area contributed by atoms with Gasteiger partial charge >= 0.3 is 0 Å². The van der Waals surface area contributed by atoms with Gasteiger partial charge in [0.15, 0.2) is 0 Å². The molecule has 1 nitrogen and oxygen atoms in total. The highest BCUT2D eigenvalue weighted by Gasteiger charge is 2.15. The molecule has 37 heavy (non-hydrogen) atoms. The van der Waals surface area contributed by atoms with Crippen molar-refractivity contribution in [3.05, 3.63) is 126 Å². The maximum absolute atomic E-state index is 3.79. The molecule has 3 heteroatoms. The maximum Gasteiger partial charge on any atom is 0.0547 e. The van der Waals surface area contributed by atoms with E-state index in [1.54, 1.807) is 0 Å². The Kier molecular flexibility index (Phi) is 4.61. The zero-order valence-electron chi connectivity index (χ0n) is 19.8. The second-order valence-corrected chi connectivity index (χ2v) is 11.4. The van der Waals surface area contributed by atoms with Crippen molar-refractivity contribution in [3.63, 3.8) is 0 Å². The molecule has 8 rings (SSSR count). The lowest BCUT2D eigenvalue weighted by atomic mass is 9.99. The zero-order valence-corrected chi connectivity index (χ0v) is 22.2. The summed E-state index contributed by atoms with van der Waals surface area (Å²) in [5.41, 5.74) is 6.12. The van der Waals surface area contributed by atoms with E-state index < -0.39 is 0 Å². The lowest BCUT2D eigenvalue weighted by Gasteiger charge is -2.09. The summed E-state index contributed by atoms with van der Waals surface area (Å²) in [6, 6.07) is 44.2. The zero-order chi connectivity index (χ0) is 24.5. The van der Waals surface area contributed by atoms with E-state index >= 15 is 0 Å². The fourth-order valence-electron chi connectivity index (χ4n) is 5.78. The Labute approximate surface area is 226 Å². The van der Waals surface area contributed by atoms with Gasteiger partial charge in [0, 0.05) is 41.1 Å². The quantitative estimate of drug-likeness (QED) is 0.200. The van der Waals surface area contributed by atoms with E-state index in [1.165, 1.54) is 69.6 Å². The number of nitrogens with zero attached hydrogens (tertiary/aromatic N) is 1. The topological polar surface area (TPSA) is 4.93 Å². The van der Waals surface area contributed by atoms with Gasteiger partial charge in [0.25, 0.3) is 0 Å². The largest absolute Gasteiger partial charge is 0.309 e. The Morgan fingerprint density at radius 1 is 0.486 bits per heavy atom. The number of halogens is 1. The van der Waals surface area contributed by atoms with Gasteiger partial charge in [-0.15, -0.1) is 11.3 Å². The summed E-state index contributed by atoms with van der Waals surface area (Å²) in [6.07, 6.45) is 0. The summed E-state index contributed by atoms with van der Waals surface area (Å²) in [5.74, 6) is 0. The van der Waals surface area contributed by atoms with Gasteiger partial charge < -0.3 is 4.57 Å². The number of para-hydroxylation sites is 2. The van der Waals surface area contributed by atoms with Crippen LogP contribution in [0.25, 0.3) is 69.6 Å². The van der Waals surface area contributed by atoms with Crippen LogP contribution < -0.4 is 0 Å². The van der Waals surface area contributed by atoms with Crippen LogP contribution in [0.5, 0.6) is 0 Å². The molecule has 0 fully saturated rings. The molecule has 0 saturated carbocycles. The van der Waals surface area contributed by atoms with Gasteiger partial charge in [0.05, 0.1) is 11.0 Å². The monoisotopic (exact) mass is 553 g/mol. The second-order valence-electron chi connectivity index (χ2n) is 9.51. The Balaban J connectivity index is 1.41. The molecular formula is C34H20BrNS. The number of benzene rings is 6. The molecule has 0 unspecified atom stereocenters. The van der Waals surface area contributed by atoms with Crippen molar-refractivity contribution in [1.82, 2.24) is 4.57 Å². The van der Waals surface area contributed by atoms with Crippen LogP contribution in [0.2, 0.25) is 0 Å². The molecule has 0 spiro atoms. The average molecular weight is 555 g/mol. The average Bonchev–Trinajstić information content (AvgIpc) is 3.48. The number of thiophene rings is 1. The molecule has 0 aliphatic rings. The molecule has 0 aliphatic carbocycles. The summed E-state index contributed by atoms with van der Waals surface area (Å²) in [4.78, 5) is 0. The van der Waals surface area contributed by atoms with E-state index in [9.17, 15) is 0 Å². The number of aromatic nitrogens is 1. The number of hydrogen-bond acceptors (Lipinski definition) is 1. The van der Waals surface area contributed by atoms with Gasteiger partial charge in [-0.1, -0.05) is 94.8 Å². The van der Waals surface area contributed by atoms with E-state index in [2.05, 4.69) is 142 Å². The molecule has 0 atom stereocenters. The minimum absolute atomic E-state index is 1.15. The number of rotatable bonds is 2. The number of hydrogen-bond donors (Lipinski definition) is 0. The minimum Gasteiger partial charge on any atom is -0.309 e. The van der Waals surface area contributed by atoms with Crippen LogP contribution in [-0.4, -0.2) is 4.57 Å². The summed E-state index contributed by atoms with van der Waals surface area (Å²) in [6.45, 7) is 0. The highest BCUT2D eigenvalue weighted by Crippen LogP contribution is 2.43. The molecule has 8 aromatic rings. The highest BCUT2D eigenvalue weighted by atomic mass is 79.9. The van der Waals surface area contributed by atoms with Gasteiger partial charge in [0.2, 0.25) is 0 Å². The summed E-state index contributed by atoms with van der Waals surface area (Å²) in [7, 11) is 0. The van der Waals surface area contributed by atoms with Crippen molar-refractivity contribution in [1.29, 1.82) is 0 Å². The third-order valence-corrected chi connectivity index (χ3v) is 9.22. The fraction of sp³-hybridized carbons (Fsp3) is 0. The van der Waals surface area contributed by atoms with E-state index in [1.807, 2.05) is 11.3 Å². The number of fused-ring (bicyclic) bond motifs is 8. The molecule has 2 heterocycles. The van der Waals surface area contributed by atoms with Crippen LogP contribution in [0.1, 0.15) is 0 Å². The summed E-state index contributed by atoms with van der Waals surface area (Å²) >= 11 is 5.66. The van der Waals surface area contributed by atoms with Gasteiger partial charge in [0.1, 0.15) is 0 Å². The first kappa shape index (κ1) is 21.2. The molecule has 0 aliphatic heterocycles. The molecular weight excluding hydrogens is 534 g/mol. The van der Waals surface area contributed by atoms with Crippen molar-refractivity contribution < 1.29 is 0 Å². The fourth-order valence-corrected chi connectivity index (χ4v) is 7.65.